The second-order valence-corrected chi connectivity index (χ2v) is 9.56. The first-order valence-electron chi connectivity index (χ1n) is 9.62. The van der Waals surface area contributed by atoms with E-state index in [1.165, 1.54) is 0 Å². The van der Waals surface area contributed by atoms with Gasteiger partial charge in [-0.05, 0) is 61.1 Å². The standard InChI is InChI=1S/C21H26N2O5S2/c1-29-20-11-7-17(8-12-20)22-21(24)23(15-19-4-3-13-27-19)14-16-5-9-18(10-6-16)28-30(2,25)26/h5-12,19H,3-4,13-15H2,1-2H3,(H,22,24). The number of anilines is 1. The van der Waals surface area contributed by atoms with Crippen molar-refractivity contribution in [1.29, 1.82) is 0 Å². The second-order valence-electron chi connectivity index (χ2n) is 7.11. The molecule has 30 heavy (non-hydrogen) atoms. The van der Waals surface area contributed by atoms with E-state index in [-0.39, 0.29) is 17.9 Å². The molecule has 2 aromatic rings. The average molecular weight is 451 g/mol. The van der Waals surface area contributed by atoms with Crippen LogP contribution in [-0.4, -0.2) is 51.1 Å². The Balaban J connectivity index is 1.70. The summed E-state index contributed by atoms with van der Waals surface area (Å²) in [5.74, 6) is 0.241. The van der Waals surface area contributed by atoms with E-state index in [0.29, 0.717) is 19.7 Å². The minimum atomic E-state index is -3.57. The van der Waals surface area contributed by atoms with E-state index in [9.17, 15) is 13.2 Å². The highest BCUT2D eigenvalue weighted by atomic mass is 32.2. The van der Waals surface area contributed by atoms with E-state index in [0.717, 1.165) is 35.2 Å². The second kappa shape index (κ2) is 10.2. The van der Waals surface area contributed by atoms with Crippen molar-refractivity contribution < 1.29 is 22.1 Å². The van der Waals surface area contributed by atoms with Crippen molar-refractivity contribution >= 4 is 33.6 Å². The van der Waals surface area contributed by atoms with Crippen LogP contribution in [0.3, 0.4) is 0 Å². The summed E-state index contributed by atoms with van der Waals surface area (Å²) in [4.78, 5) is 15.8. The highest BCUT2D eigenvalue weighted by Crippen LogP contribution is 2.20. The summed E-state index contributed by atoms with van der Waals surface area (Å²) in [6.07, 6.45) is 4.94. The number of nitrogens with zero attached hydrogens (tertiary/aromatic N) is 1. The van der Waals surface area contributed by atoms with Crippen LogP contribution in [-0.2, 0) is 21.4 Å². The van der Waals surface area contributed by atoms with Gasteiger partial charge in [0.15, 0.2) is 0 Å². The van der Waals surface area contributed by atoms with E-state index in [1.807, 2.05) is 30.5 Å². The Morgan fingerprint density at radius 2 is 1.90 bits per heavy atom. The van der Waals surface area contributed by atoms with Gasteiger partial charge in [-0.15, -0.1) is 11.8 Å². The van der Waals surface area contributed by atoms with Crippen LogP contribution < -0.4 is 9.50 Å². The maximum atomic E-state index is 13.0. The van der Waals surface area contributed by atoms with Gasteiger partial charge in [-0.2, -0.15) is 8.42 Å². The van der Waals surface area contributed by atoms with Gasteiger partial charge < -0.3 is 19.1 Å². The van der Waals surface area contributed by atoms with Crippen molar-refractivity contribution in [3.63, 3.8) is 0 Å². The Morgan fingerprint density at radius 3 is 2.47 bits per heavy atom. The van der Waals surface area contributed by atoms with Crippen molar-refractivity contribution in [2.45, 2.75) is 30.4 Å². The molecule has 162 valence electrons. The molecule has 9 heteroatoms. The largest absolute Gasteiger partial charge is 0.383 e. The lowest BCUT2D eigenvalue weighted by atomic mass is 10.2. The molecule has 0 aromatic heterocycles. The van der Waals surface area contributed by atoms with Gasteiger partial charge in [-0.3, -0.25) is 0 Å². The van der Waals surface area contributed by atoms with Crippen molar-refractivity contribution in [3.8, 4) is 5.75 Å². The van der Waals surface area contributed by atoms with Gasteiger partial charge in [0, 0.05) is 30.3 Å². The van der Waals surface area contributed by atoms with E-state index >= 15 is 0 Å². The van der Waals surface area contributed by atoms with E-state index in [1.54, 1.807) is 40.9 Å². The average Bonchev–Trinajstić information content (AvgIpc) is 3.21. The van der Waals surface area contributed by atoms with Gasteiger partial charge in [0.2, 0.25) is 0 Å². The van der Waals surface area contributed by atoms with Gasteiger partial charge in [0.05, 0.1) is 12.4 Å². The van der Waals surface area contributed by atoms with Gasteiger partial charge in [-0.25, -0.2) is 4.79 Å². The Kier molecular flexibility index (Phi) is 7.63. The number of nitrogens with one attached hydrogen (secondary N) is 1. The van der Waals surface area contributed by atoms with Gasteiger partial charge in [0.1, 0.15) is 5.75 Å². The molecule has 1 aliphatic heterocycles. The normalized spacial score (nSPS) is 16.3. The van der Waals surface area contributed by atoms with Crippen LogP contribution in [0.15, 0.2) is 53.4 Å². The number of urea groups is 1. The smallest absolute Gasteiger partial charge is 0.322 e. The summed E-state index contributed by atoms with van der Waals surface area (Å²) < 4.78 is 33.1. The zero-order valence-electron chi connectivity index (χ0n) is 17.0. The maximum Gasteiger partial charge on any atom is 0.322 e. The van der Waals surface area contributed by atoms with Crippen LogP contribution in [0.2, 0.25) is 0 Å². The predicted molar refractivity (Wildman–Crippen MR) is 119 cm³/mol. The number of ether oxygens (including phenoxy) is 1. The summed E-state index contributed by atoms with van der Waals surface area (Å²) >= 11 is 1.64. The topological polar surface area (TPSA) is 84.9 Å². The minimum absolute atomic E-state index is 0.0162. The first-order chi connectivity index (χ1) is 14.3. The molecule has 1 fully saturated rings. The number of carbonyl (C=O) groups is 1. The molecule has 1 aliphatic rings. The molecule has 1 heterocycles. The van der Waals surface area contributed by atoms with Crippen molar-refractivity contribution in [3.05, 3.63) is 54.1 Å². The number of rotatable bonds is 8. The Morgan fingerprint density at radius 1 is 1.20 bits per heavy atom. The zero-order chi connectivity index (χ0) is 21.6. The number of hydrogen-bond acceptors (Lipinski definition) is 6. The Bertz CT molecular complexity index is 940. The Labute approximate surface area is 181 Å². The minimum Gasteiger partial charge on any atom is -0.383 e. The fourth-order valence-electron chi connectivity index (χ4n) is 3.18. The third kappa shape index (κ3) is 6.93. The molecule has 0 bridgehead atoms. The molecule has 0 saturated carbocycles. The van der Waals surface area contributed by atoms with Crippen LogP contribution >= 0.6 is 11.8 Å². The lowest BCUT2D eigenvalue weighted by Gasteiger charge is -2.26. The lowest BCUT2D eigenvalue weighted by Crippen LogP contribution is -2.39. The number of amides is 2. The molecular formula is C21H26N2O5S2. The number of carbonyl (C=O) groups excluding carboxylic acids is 1. The molecule has 2 aromatic carbocycles. The van der Waals surface area contributed by atoms with Crippen LogP contribution in [0.1, 0.15) is 18.4 Å². The number of benzene rings is 2. The van der Waals surface area contributed by atoms with Gasteiger partial charge in [0.25, 0.3) is 0 Å². The quantitative estimate of drug-likeness (QED) is 0.484. The molecule has 0 spiro atoms. The van der Waals surface area contributed by atoms with Crippen molar-refractivity contribution in [2.24, 2.45) is 0 Å². The lowest BCUT2D eigenvalue weighted by molar-refractivity contribution is 0.0819. The summed E-state index contributed by atoms with van der Waals surface area (Å²) in [6, 6.07) is 14.2. The van der Waals surface area contributed by atoms with Crippen LogP contribution in [0.5, 0.6) is 5.75 Å². The molecule has 1 atom stereocenters. The number of hydrogen-bond donors (Lipinski definition) is 1. The third-order valence-electron chi connectivity index (χ3n) is 4.62. The Hall–Kier alpha value is -2.23. The van der Waals surface area contributed by atoms with Gasteiger partial charge >= 0.3 is 16.1 Å². The third-order valence-corrected chi connectivity index (χ3v) is 5.86. The highest BCUT2D eigenvalue weighted by Gasteiger charge is 2.23. The summed E-state index contributed by atoms with van der Waals surface area (Å²) in [5, 5.41) is 2.95. The molecule has 2 amide bonds. The molecule has 1 N–H and O–H groups in total. The highest BCUT2D eigenvalue weighted by molar-refractivity contribution is 7.98. The van der Waals surface area contributed by atoms with Crippen molar-refractivity contribution in [1.82, 2.24) is 4.90 Å². The monoisotopic (exact) mass is 450 g/mol. The van der Waals surface area contributed by atoms with E-state index in [2.05, 4.69) is 5.32 Å². The van der Waals surface area contributed by atoms with Crippen LogP contribution in [0.25, 0.3) is 0 Å². The van der Waals surface area contributed by atoms with Crippen LogP contribution in [0.4, 0.5) is 10.5 Å². The molecule has 0 aliphatic carbocycles. The molecule has 1 unspecified atom stereocenters. The molecule has 1 saturated heterocycles. The SMILES string of the molecule is CSc1ccc(NC(=O)N(Cc2ccc(OS(C)(=O)=O)cc2)CC2CCCO2)cc1. The predicted octanol–water partition coefficient (Wildman–Crippen LogP) is 3.96. The fourth-order valence-corrected chi connectivity index (χ4v) is 4.04. The summed E-state index contributed by atoms with van der Waals surface area (Å²) in [6.45, 7) is 1.57. The first kappa shape index (κ1) is 22.5. The molecule has 0 radical (unpaired) electrons. The maximum absolute atomic E-state index is 13.0. The summed E-state index contributed by atoms with van der Waals surface area (Å²) in [5.41, 5.74) is 1.59. The first-order valence-corrected chi connectivity index (χ1v) is 12.7. The van der Waals surface area contributed by atoms with Gasteiger partial charge in [-0.1, -0.05) is 12.1 Å². The number of thioether (sulfide) groups is 1. The van der Waals surface area contributed by atoms with Crippen LogP contribution in [0, 0.1) is 0 Å². The summed E-state index contributed by atoms with van der Waals surface area (Å²) in [7, 11) is -3.57. The van der Waals surface area contributed by atoms with E-state index in [4.69, 9.17) is 8.92 Å². The molecule has 3 rings (SSSR count). The zero-order valence-corrected chi connectivity index (χ0v) is 18.7. The fraction of sp³-hybridized carbons (Fsp3) is 0.381. The van der Waals surface area contributed by atoms with Crippen molar-refractivity contribution in [2.75, 3.05) is 31.0 Å². The van der Waals surface area contributed by atoms with E-state index < -0.39 is 10.1 Å². The molecular weight excluding hydrogens is 424 g/mol. The molecule has 7 nitrogen and oxygen atoms in total.